The third kappa shape index (κ3) is 1.38. The molecule has 4 heteroatoms. The van der Waals surface area contributed by atoms with Gasteiger partial charge >= 0.3 is 0 Å². The number of hydrogen-bond acceptors (Lipinski definition) is 2. The molecule has 0 fully saturated rings. The van der Waals surface area contributed by atoms with Gasteiger partial charge < -0.3 is 10.1 Å². The Morgan fingerprint density at radius 2 is 2.33 bits per heavy atom. The summed E-state index contributed by atoms with van der Waals surface area (Å²) < 4.78 is 6.30. The summed E-state index contributed by atoms with van der Waals surface area (Å²) in [5, 5.41) is 2.72. The van der Waals surface area contributed by atoms with Crippen LogP contribution in [-0.4, -0.2) is 12.5 Å². The zero-order chi connectivity index (χ0) is 8.55. The summed E-state index contributed by atoms with van der Waals surface area (Å²) in [6, 6.07) is 5.66. The van der Waals surface area contributed by atoms with E-state index in [1.807, 2.05) is 18.2 Å². The maximum absolute atomic E-state index is 10.9. The van der Waals surface area contributed by atoms with Gasteiger partial charge in [0.15, 0.2) is 6.61 Å². The molecule has 0 unspecified atom stereocenters. The average molecular weight is 275 g/mol. The van der Waals surface area contributed by atoms with Crippen LogP contribution >= 0.6 is 22.6 Å². The Kier molecular flexibility index (Phi) is 1.92. The van der Waals surface area contributed by atoms with Gasteiger partial charge in [0, 0.05) is 3.57 Å². The van der Waals surface area contributed by atoms with Crippen LogP contribution in [0.3, 0.4) is 0 Å². The van der Waals surface area contributed by atoms with Crippen LogP contribution < -0.4 is 10.1 Å². The number of rotatable bonds is 0. The summed E-state index contributed by atoms with van der Waals surface area (Å²) in [6.45, 7) is 0.118. The zero-order valence-corrected chi connectivity index (χ0v) is 8.29. The highest BCUT2D eigenvalue weighted by molar-refractivity contribution is 14.1. The van der Waals surface area contributed by atoms with E-state index >= 15 is 0 Å². The standard InChI is InChI=1S/C8H6INO2/c9-5-1-2-6-7(3-5)12-4-8(11)10-6/h1-3H,4H2,(H,10,11). The lowest BCUT2D eigenvalue weighted by Crippen LogP contribution is -2.25. The number of ether oxygens (including phenoxy) is 1. The highest BCUT2D eigenvalue weighted by Crippen LogP contribution is 2.28. The molecule has 1 heterocycles. The molecular formula is C8H6INO2. The van der Waals surface area contributed by atoms with Crippen molar-refractivity contribution in [2.45, 2.75) is 0 Å². The van der Waals surface area contributed by atoms with Crippen molar-refractivity contribution >= 4 is 34.2 Å². The first-order valence-electron chi connectivity index (χ1n) is 3.48. The smallest absolute Gasteiger partial charge is 0.262 e. The number of anilines is 1. The lowest BCUT2D eigenvalue weighted by atomic mass is 10.2. The Morgan fingerprint density at radius 1 is 1.50 bits per heavy atom. The molecule has 0 aromatic heterocycles. The minimum atomic E-state index is -0.0938. The average Bonchev–Trinajstić information content (AvgIpc) is 2.05. The van der Waals surface area contributed by atoms with Gasteiger partial charge in [-0.15, -0.1) is 0 Å². The van der Waals surface area contributed by atoms with Crippen LogP contribution in [0.25, 0.3) is 0 Å². The van der Waals surface area contributed by atoms with E-state index in [1.54, 1.807) is 0 Å². The van der Waals surface area contributed by atoms with Crippen molar-refractivity contribution in [3.63, 3.8) is 0 Å². The van der Waals surface area contributed by atoms with E-state index in [0.717, 1.165) is 15.0 Å². The van der Waals surface area contributed by atoms with Crippen LogP contribution in [0, 0.1) is 3.57 Å². The van der Waals surface area contributed by atoms with E-state index in [2.05, 4.69) is 27.9 Å². The summed E-state index contributed by atoms with van der Waals surface area (Å²) >= 11 is 2.20. The lowest BCUT2D eigenvalue weighted by Gasteiger charge is -2.17. The zero-order valence-electron chi connectivity index (χ0n) is 6.13. The van der Waals surface area contributed by atoms with E-state index < -0.39 is 0 Å². The number of nitrogens with one attached hydrogen (secondary N) is 1. The molecule has 12 heavy (non-hydrogen) atoms. The molecule has 1 aromatic carbocycles. The Labute approximate surface area is 83.2 Å². The van der Waals surface area contributed by atoms with E-state index in [1.165, 1.54) is 0 Å². The van der Waals surface area contributed by atoms with Crippen molar-refractivity contribution in [2.24, 2.45) is 0 Å². The quantitative estimate of drug-likeness (QED) is 0.731. The van der Waals surface area contributed by atoms with E-state index in [9.17, 15) is 4.79 Å². The second-order valence-corrected chi connectivity index (χ2v) is 3.72. The summed E-state index contributed by atoms with van der Waals surface area (Å²) in [5.41, 5.74) is 0.756. The molecule has 1 amide bonds. The Morgan fingerprint density at radius 3 is 3.17 bits per heavy atom. The fourth-order valence-corrected chi connectivity index (χ4v) is 1.51. The van der Waals surface area contributed by atoms with Gasteiger partial charge in [0.25, 0.3) is 5.91 Å². The van der Waals surface area contributed by atoms with Gasteiger partial charge in [-0.05, 0) is 40.8 Å². The molecular weight excluding hydrogens is 269 g/mol. The predicted molar refractivity (Wildman–Crippen MR) is 53.3 cm³/mol. The van der Waals surface area contributed by atoms with Crippen LogP contribution in [0.1, 0.15) is 0 Å². The maximum Gasteiger partial charge on any atom is 0.262 e. The summed E-state index contributed by atoms with van der Waals surface area (Å²) in [5.74, 6) is 0.658. The van der Waals surface area contributed by atoms with Gasteiger partial charge in [0.1, 0.15) is 5.75 Å². The first kappa shape index (κ1) is 7.85. The molecule has 3 nitrogen and oxygen atoms in total. The second-order valence-electron chi connectivity index (χ2n) is 2.48. The minimum Gasteiger partial charge on any atom is -0.482 e. The molecule has 62 valence electrons. The van der Waals surface area contributed by atoms with Gasteiger partial charge in [-0.3, -0.25) is 4.79 Å². The second kappa shape index (κ2) is 2.93. The summed E-state index contributed by atoms with van der Waals surface area (Å²) in [4.78, 5) is 10.9. The monoisotopic (exact) mass is 275 g/mol. The highest BCUT2D eigenvalue weighted by Gasteiger charge is 2.14. The van der Waals surface area contributed by atoms with Crippen molar-refractivity contribution in [3.8, 4) is 5.75 Å². The highest BCUT2D eigenvalue weighted by atomic mass is 127. The summed E-state index contributed by atoms with van der Waals surface area (Å²) in [7, 11) is 0. The van der Waals surface area contributed by atoms with Crippen LogP contribution in [0.2, 0.25) is 0 Å². The third-order valence-corrected chi connectivity index (χ3v) is 2.25. The molecule has 0 spiro atoms. The van der Waals surface area contributed by atoms with E-state index in [0.29, 0.717) is 0 Å². The molecule has 0 radical (unpaired) electrons. The van der Waals surface area contributed by atoms with E-state index in [4.69, 9.17) is 4.74 Å². The number of hydrogen-bond donors (Lipinski definition) is 1. The van der Waals surface area contributed by atoms with Gasteiger partial charge in [-0.2, -0.15) is 0 Å². The molecule has 1 aliphatic rings. The van der Waals surface area contributed by atoms with Gasteiger partial charge in [-0.1, -0.05) is 0 Å². The molecule has 0 saturated carbocycles. The SMILES string of the molecule is O=C1COc2cc(I)ccc2N1. The number of carbonyl (C=O) groups is 1. The van der Waals surface area contributed by atoms with Gasteiger partial charge in [0.2, 0.25) is 0 Å². The molecule has 0 saturated heterocycles. The van der Waals surface area contributed by atoms with Crippen LogP contribution in [-0.2, 0) is 4.79 Å². The lowest BCUT2D eigenvalue weighted by molar-refractivity contribution is -0.118. The van der Waals surface area contributed by atoms with Crippen molar-refractivity contribution in [1.82, 2.24) is 0 Å². The number of halogens is 1. The number of fused-ring (bicyclic) bond motifs is 1. The number of amides is 1. The van der Waals surface area contributed by atoms with Crippen molar-refractivity contribution in [3.05, 3.63) is 21.8 Å². The molecule has 2 rings (SSSR count). The topological polar surface area (TPSA) is 38.3 Å². The van der Waals surface area contributed by atoms with Gasteiger partial charge in [0.05, 0.1) is 5.69 Å². The fourth-order valence-electron chi connectivity index (χ4n) is 1.05. The Bertz CT molecular complexity index is 338. The first-order valence-corrected chi connectivity index (χ1v) is 4.56. The Hall–Kier alpha value is -0.780. The molecule has 0 atom stereocenters. The third-order valence-electron chi connectivity index (χ3n) is 1.58. The number of benzene rings is 1. The van der Waals surface area contributed by atoms with E-state index in [-0.39, 0.29) is 12.5 Å². The van der Waals surface area contributed by atoms with Gasteiger partial charge in [-0.25, -0.2) is 0 Å². The van der Waals surface area contributed by atoms with Crippen molar-refractivity contribution in [2.75, 3.05) is 11.9 Å². The fraction of sp³-hybridized carbons (Fsp3) is 0.125. The molecule has 1 aliphatic heterocycles. The van der Waals surface area contributed by atoms with Crippen LogP contribution in [0.15, 0.2) is 18.2 Å². The molecule has 0 aliphatic carbocycles. The molecule has 1 aromatic rings. The molecule has 1 N–H and O–H groups in total. The Balaban J connectivity index is 2.43. The molecule has 0 bridgehead atoms. The summed E-state index contributed by atoms with van der Waals surface area (Å²) in [6.07, 6.45) is 0. The number of carbonyl (C=O) groups excluding carboxylic acids is 1. The largest absolute Gasteiger partial charge is 0.482 e. The first-order chi connectivity index (χ1) is 5.75. The van der Waals surface area contributed by atoms with Crippen molar-refractivity contribution < 1.29 is 9.53 Å². The van der Waals surface area contributed by atoms with Crippen LogP contribution in [0.4, 0.5) is 5.69 Å². The van der Waals surface area contributed by atoms with Crippen molar-refractivity contribution in [1.29, 1.82) is 0 Å². The minimum absolute atomic E-state index is 0.0938. The normalized spacial score (nSPS) is 14.6. The maximum atomic E-state index is 10.9. The van der Waals surface area contributed by atoms with Crippen LogP contribution in [0.5, 0.6) is 5.75 Å². The predicted octanol–water partition coefficient (Wildman–Crippen LogP) is 1.62.